The molecule has 1 unspecified atom stereocenters. The molecule has 5 nitrogen and oxygen atoms in total. The Morgan fingerprint density at radius 2 is 1.64 bits per heavy atom. The molecule has 130 valence electrons. The topological polar surface area (TPSA) is 90.4 Å². The van der Waals surface area contributed by atoms with Crippen LogP contribution < -0.4 is 16.8 Å². The van der Waals surface area contributed by atoms with Crippen molar-refractivity contribution < 1.29 is 9.53 Å². The first-order chi connectivity index (χ1) is 10.7. The van der Waals surface area contributed by atoms with Crippen molar-refractivity contribution in [3.05, 3.63) is 0 Å². The summed E-state index contributed by atoms with van der Waals surface area (Å²) in [5.41, 5.74) is 11.3. The van der Waals surface area contributed by atoms with E-state index in [2.05, 4.69) is 5.32 Å². The van der Waals surface area contributed by atoms with E-state index in [0.717, 1.165) is 45.2 Å². The van der Waals surface area contributed by atoms with Crippen LogP contribution in [0.15, 0.2) is 0 Å². The van der Waals surface area contributed by atoms with Gasteiger partial charge in [0.25, 0.3) is 0 Å². The van der Waals surface area contributed by atoms with Crippen LogP contribution in [0, 0.1) is 0 Å². The van der Waals surface area contributed by atoms with Crippen LogP contribution in [0.4, 0.5) is 0 Å². The van der Waals surface area contributed by atoms with Crippen LogP contribution in [0.25, 0.3) is 0 Å². The standard InChI is InChI=1S/C17H35N3O2/c18-13-9-7-5-3-1-2-4-6-8-12-16(19)22-17(21)15-11-10-14-20-15/h15-16,20H,1-14,18-19H2/t15-,16?/m1/s1. The van der Waals surface area contributed by atoms with Gasteiger partial charge in [0.05, 0.1) is 0 Å². The molecule has 0 radical (unpaired) electrons. The number of unbranched alkanes of at least 4 members (excludes halogenated alkanes) is 8. The lowest BCUT2D eigenvalue weighted by Gasteiger charge is -2.16. The molecule has 2 atom stereocenters. The van der Waals surface area contributed by atoms with Crippen molar-refractivity contribution in [3.63, 3.8) is 0 Å². The Morgan fingerprint density at radius 3 is 2.18 bits per heavy atom. The number of rotatable bonds is 13. The SMILES string of the molecule is NCCCCCCCCCCCC(N)OC(=O)[C@H]1CCCN1. The number of hydrogen-bond donors (Lipinski definition) is 3. The highest BCUT2D eigenvalue weighted by Crippen LogP contribution is 2.12. The molecule has 0 bridgehead atoms. The fraction of sp³-hybridized carbons (Fsp3) is 0.941. The third-order valence-corrected chi connectivity index (χ3v) is 4.31. The molecule has 0 aromatic carbocycles. The number of hydrogen-bond acceptors (Lipinski definition) is 5. The van der Waals surface area contributed by atoms with Gasteiger partial charge in [-0.15, -0.1) is 0 Å². The zero-order valence-corrected chi connectivity index (χ0v) is 14.0. The molecule has 1 heterocycles. The van der Waals surface area contributed by atoms with Crippen molar-refractivity contribution in [2.24, 2.45) is 11.5 Å². The van der Waals surface area contributed by atoms with Gasteiger partial charge in [-0.2, -0.15) is 0 Å². The summed E-state index contributed by atoms with van der Waals surface area (Å²) in [6.45, 7) is 1.73. The summed E-state index contributed by atoms with van der Waals surface area (Å²) in [5, 5.41) is 3.13. The smallest absolute Gasteiger partial charge is 0.324 e. The predicted molar refractivity (Wildman–Crippen MR) is 90.3 cm³/mol. The van der Waals surface area contributed by atoms with E-state index in [1.807, 2.05) is 0 Å². The Kier molecular flexibility index (Phi) is 11.3. The van der Waals surface area contributed by atoms with Crippen molar-refractivity contribution in [3.8, 4) is 0 Å². The average molecular weight is 313 g/mol. The molecule has 1 aliphatic heterocycles. The molecule has 1 rings (SSSR count). The molecule has 1 fully saturated rings. The monoisotopic (exact) mass is 313 g/mol. The summed E-state index contributed by atoms with van der Waals surface area (Å²) in [5.74, 6) is -0.178. The summed E-state index contributed by atoms with van der Waals surface area (Å²) >= 11 is 0. The largest absolute Gasteiger partial charge is 0.446 e. The molecule has 0 amide bonds. The van der Waals surface area contributed by atoms with Crippen molar-refractivity contribution in [1.82, 2.24) is 5.32 Å². The van der Waals surface area contributed by atoms with Gasteiger partial charge >= 0.3 is 5.97 Å². The Hall–Kier alpha value is -0.650. The van der Waals surface area contributed by atoms with Crippen LogP contribution >= 0.6 is 0 Å². The molecule has 0 spiro atoms. The first-order valence-corrected chi connectivity index (χ1v) is 9.13. The minimum Gasteiger partial charge on any atom is -0.446 e. The summed E-state index contributed by atoms with van der Waals surface area (Å²) in [6, 6.07) is -0.134. The van der Waals surface area contributed by atoms with Crippen molar-refractivity contribution in [1.29, 1.82) is 0 Å². The number of carbonyl (C=O) groups excluding carboxylic acids is 1. The van der Waals surface area contributed by atoms with E-state index in [1.165, 1.54) is 44.9 Å². The van der Waals surface area contributed by atoms with E-state index >= 15 is 0 Å². The second-order valence-corrected chi connectivity index (χ2v) is 6.38. The molecule has 0 saturated carbocycles. The number of nitrogens with one attached hydrogen (secondary N) is 1. The van der Waals surface area contributed by atoms with Gasteiger partial charge in [0.2, 0.25) is 0 Å². The quantitative estimate of drug-likeness (QED) is 0.276. The first-order valence-electron chi connectivity index (χ1n) is 9.13. The highest BCUT2D eigenvalue weighted by Gasteiger charge is 2.24. The van der Waals surface area contributed by atoms with Gasteiger partial charge in [-0.25, -0.2) is 0 Å². The second-order valence-electron chi connectivity index (χ2n) is 6.38. The molecular weight excluding hydrogens is 278 g/mol. The molecular formula is C17H35N3O2. The molecule has 1 saturated heterocycles. The molecule has 5 heteroatoms. The van der Waals surface area contributed by atoms with Crippen LogP contribution in [-0.2, 0) is 9.53 Å². The molecule has 0 aromatic rings. The number of ether oxygens (including phenoxy) is 1. The van der Waals surface area contributed by atoms with E-state index < -0.39 is 6.23 Å². The van der Waals surface area contributed by atoms with Crippen LogP contribution in [0.1, 0.15) is 77.0 Å². The summed E-state index contributed by atoms with van der Waals surface area (Å²) in [4.78, 5) is 11.8. The zero-order valence-electron chi connectivity index (χ0n) is 14.0. The van der Waals surface area contributed by atoms with Gasteiger partial charge in [-0.1, -0.05) is 44.9 Å². The maximum Gasteiger partial charge on any atom is 0.324 e. The Morgan fingerprint density at radius 1 is 1.05 bits per heavy atom. The van der Waals surface area contributed by atoms with Gasteiger partial charge in [0.15, 0.2) is 6.23 Å². The summed E-state index contributed by atoms with van der Waals surface area (Å²) in [6.07, 6.45) is 13.4. The predicted octanol–water partition coefficient (Wildman–Crippen LogP) is 2.43. The highest BCUT2D eigenvalue weighted by atomic mass is 16.6. The third-order valence-electron chi connectivity index (χ3n) is 4.31. The van der Waals surface area contributed by atoms with E-state index in [4.69, 9.17) is 16.2 Å². The maximum atomic E-state index is 11.8. The number of esters is 1. The molecule has 0 aliphatic carbocycles. The molecule has 0 aromatic heterocycles. The van der Waals surface area contributed by atoms with Gasteiger partial charge < -0.3 is 15.8 Å². The van der Waals surface area contributed by atoms with Crippen molar-refractivity contribution in [2.45, 2.75) is 89.3 Å². The minimum atomic E-state index is -0.439. The minimum absolute atomic E-state index is 0.134. The van der Waals surface area contributed by atoms with Crippen molar-refractivity contribution >= 4 is 5.97 Å². The first kappa shape index (κ1) is 19.4. The zero-order chi connectivity index (χ0) is 16.0. The van der Waals surface area contributed by atoms with Gasteiger partial charge in [-0.3, -0.25) is 10.5 Å². The normalized spacial score (nSPS) is 19.3. The van der Waals surface area contributed by atoms with Crippen LogP contribution in [0.2, 0.25) is 0 Å². The highest BCUT2D eigenvalue weighted by molar-refractivity contribution is 5.76. The summed E-state index contributed by atoms with van der Waals surface area (Å²) < 4.78 is 5.28. The van der Waals surface area contributed by atoms with E-state index in [-0.39, 0.29) is 12.0 Å². The lowest BCUT2D eigenvalue weighted by Crippen LogP contribution is -2.37. The fourth-order valence-corrected chi connectivity index (χ4v) is 2.90. The van der Waals surface area contributed by atoms with Gasteiger partial charge in [0, 0.05) is 0 Å². The van der Waals surface area contributed by atoms with Gasteiger partial charge in [0.1, 0.15) is 6.04 Å². The average Bonchev–Trinajstić information content (AvgIpc) is 3.03. The third kappa shape index (κ3) is 9.38. The molecule has 5 N–H and O–H groups in total. The van der Waals surface area contributed by atoms with Crippen molar-refractivity contribution in [2.75, 3.05) is 13.1 Å². The molecule has 1 aliphatic rings. The molecule has 22 heavy (non-hydrogen) atoms. The lowest BCUT2D eigenvalue weighted by molar-refractivity contribution is -0.151. The fourth-order valence-electron chi connectivity index (χ4n) is 2.90. The van der Waals surface area contributed by atoms with Gasteiger partial charge in [-0.05, 0) is 45.2 Å². The number of nitrogens with two attached hydrogens (primary N) is 2. The Labute approximate surface area is 135 Å². The van der Waals surface area contributed by atoms with E-state index in [0.29, 0.717) is 0 Å². The second kappa shape index (κ2) is 12.9. The van der Waals surface area contributed by atoms with E-state index in [1.54, 1.807) is 0 Å². The van der Waals surface area contributed by atoms with Crippen LogP contribution in [0.3, 0.4) is 0 Å². The van der Waals surface area contributed by atoms with E-state index in [9.17, 15) is 4.79 Å². The maximum absolute atomic E-state index is 11.8. The van der Waals surface area contributed by atoms with Crippen LogP contribution in [-0.4, -0.2) is 31.3 Å². The lowest BCUT2D eigenvalue weighted by atomic mass is 10.1. The number of carbonyl (C=O) groups is 1. The Bertz CT molecular complexity index is 281. The Balaban J connectivity index is 1.86. The summed E-state index contributed by atoms with van der Waals surface area (Å²) in [7, 11) is 0. The van der Waals surface area contributed by atoms with Crippen LogP contribution in [0.5, 0.6) is 0 Å².